The molecule has 4 heterocycles. The standard InChI is InChI=1S/C18H24N4O3/c1-20-12-18(25-17(20)24)7-11-22(13-18)14-5-9-21(10-6-14)16(23)15-4-2-3-8-19-15/h2-4,8,14H,5-7,9-13H2,1H3/t18-/m1/s1. The number of pyridine rings is 1. The highest BCUT2D eigenvalue weighted by Crippen LogP contribution is 2.34. The first-order valence-corrected chi connectivity index (χ1v) is 8.95. The molecule has 2 amide bonds. The number of hydrogen-bond donors (Lipinski definition) is 0. The van der Waals surface area contributed by atoms with E-state index in [1.807, 2.05) is 17.0 Å². The molecule has 3 saturated heterocycles. The Hall–Kier alpha value is -2.15. The zero-order chi connectivity index (χ0) is 17.4. The van der Waals surface area contributed by atoms with Gasteiger partial charge in [-0.05, 0) is 25.0 Å². The molecular formula is C18H24N4O3. The Labute approximate surface area is 147 Å². The minimum atomic E-state index is -0.327. The summed E-state index contributed by atoms with van der Waals surface area (Å²) < 4.78 is 5.63. The largest absolute Gasteiger partial charge is 0.439 e. The molecule has 1 atom stereocenters. The van der Waals surface area contributed by atoms with E-state index >= 15 is 0 Å². The Morgan fingerprint density at radius 2 is 2.04 bits per heavy atom. The van der Waals surface area contributed by atoms with Crippen molar-refractivity contribution in [2.24, 2.45) is 0 Å². The second-order valence-electron chi connectivity index (χ2n) is 7.37. The third-order valence-corrected chi connectivity index (χ3v) is 5.64. The average molecular weight is 344 g/mol. The fourth-order valence-electron chi connectivity index (χ4n) is 4.28. The summed E-state index contributed by atoms with van der Waals surface area (Å²) in [6.45, 7) is 3.95. The van der Waals surface area contributed by atoms with E-state index in [1.54, 1.807) is 24.2 Å². The molecule has 25 heavy (non-hydrogen) atoms. The molecule has 0 aliphatic carbocycles. The molecule has 7 nitrogen and oxygen atoms in total. The van der Waals surface area contributed by atoms with Crippen LogP contribution in [0, 0.1) is 0 Å². The average Bonchev–Trinajstić information content (AvgIpc) is 3.17. The molecule has 0 N–H and O–H groups in total. The lowest BCUT2D eigenvalue weighted by molar-refractivity contribution is 0.0465. The fourth-order valence-corrected chi connectivity index (χ4v) is 4.28. The predicted octanol–water partition coefficient (Wildman–Crippen LogP) is 1.21. The smallest absolute Gasteiger partial charge is 0.410 e. The van der Waals surface area contributed by atoms with Gasteiger partial charge in [-0.1, -0.05) is 6.07 Å². The van der Waals surface area contributed by atoms with Gasteiger partial charge in [0.1, 0.15) is 11.3 Å². The molecule has 0 saturated carbocycles. The molecule has 7 heteroatoms. The number of nitrogens with zero attached hydrogens (tertiary/aromatic N) is 4. The van der Waals surface area contributed by atoms with Gasteiger partial charge in [0.25, 0.3) is 5.91 Å². The second kappa shape index (κ2) is 6.29. The summed E-state index contributed by atoms with van der Waals surface area (Å²) in [5.74, 6) is 0.0169. The van der Waals surface area contributed by atoms with Crippen molar-refractivity contribution in [2.75, 3.05) is 39.8 Å². The van der Waals surface area contributed by atoms with E-state index in [2.05, 4.69) is 9.88 Å². The van der Waals surface area contributed by atoms with Crippen molar-refractivity contribution in [3.63, 3.8) is 0 Å². The molecule has 0 bridgehead atoms. The maximum atomic E-state index is 12.5. The summed E-state index contributed by atoms with van der Waals surface area (Å²) in [4.78, 5) is 34.4. The van der Waals surface area contributed by atoms with Crippen LogP contribution in [-0.4, -0.2) is 83.1 Å². The first-order valence-electron chi connectivity index (χ1n) is 8.95. The van der Waals surface area contributed by atoms with Crippen LogP contribution in [0.3, 0.4) is 0 Å². The highest BCUT2D eigenvalue weighted by molar-refractivity contribution is 5.92. The maximum Gasteiger partial charge on any atom is 0.410 e. The third kappa shape index (κ3) is 3.08. The van der Waals surface area contributed by atoms with Gasteiger partial charge in [-0.2, -0.15) is 0 Å². The third-order valence-electron chi connectivity index (χ3n) is 5.64. The maximum absolute atomic E-state index is 12.5. The van der Waals surface area contributed by atoms with Crippen molar-refractivity contribution >= 4 is 12.0 Å². The molecule has 4 rings (SSSR count). The van der Waals surface area contributed by atoms with Gasteiger partial charge in [0.05, 0.1) is 6.54 Å². The minimum Gasteiger partial charge on any atom is -0.439 e. The van der Waals surface area contributed by atoms with Gasteiger partial charge < -0.3 is 14.5 Å². The number of piperidine rings is 1. The van der Waals surface area contributed by atoms with Crippen molar-refractivity contribution in [3.05, 3.63) is 30.1 Å². The molecular weight excluding hydrogens is 320 g/mol. The van der Waals surface area contributed by atoms with E-state index in [0.717, 1.165) is 45.4 Å². The Balaban J connectivity index is 1.32. The van der Waals surface area contributed by atoms with Crippen LogP contribution in [0.1, 0.15) is 29.8 Å². The van der Waals surface area contributed by atoms with Gasteiger partial charge >= 0.3 is 6.09 Å². The molecule has 0 unspecified atom stereocenters. The SMILES string of the molecule is CN1C[C@@]2(CCN(C3CCN(C(=O)c4ccccn4)CC3)C2)OC1=O. The van der Waals surface area contributed by atoms with Crippen LogP contribution >= 0.6 is 0 Å². The Bertz CT molecular complexity index is 660. The molecule has 3 aliphatic rings. The lowest BCUT2D eigenvalue weighted by Gasteiger charge is -2.37. The number of likely N-dealkylation sites (tertiary alicyclic amines) is 2. The van der Waals surface area contributed by atoms with Crippen molar-refractivity contribution in [3.8, 4) is 0 Å². The van der Waals surface area contributed by atoms with Crippen molar-refractivity contribution < 1.29 is 14.3 Å². The second-order valence-corrected chi connectivity index (χ2v) is 7.37. The molecule has 3 fully saturated rings. The predicted molar refractivity (Wildman–Crippen MR) is 91.2 cm³/mol. The highest BCUT2D eigenvalue weighted by atomic mass is 16.6. The number of ether oxygens (including phenoxy) is 1. The molecule has 1 spiro atoms. The van der Waals surface area contributed by atoms with Crippen LogP contribution in [0.25, 0.3) is 0 Å². The summed E-state index contributed by atoms with van der Waals surface area (Å²) in [5.41, 5.74) is 0.189. The summed E-state index contributed by atoms with van der Waals surface area (Å²) in [6.07, 6.45) is 4.26. The van der Waals surface area contributed by atoms with Crippen molar-refractivity contribution in [1.29, 1.82) is 0 Å². The number of likely N-dealkylation sites (N-methyl/N-ethyl adjacent to an activating group) is 1. The Morgan fingerprint density at radius 3 is 2.68 bits per heavy atom. The van der Waals surface area contributed by atoms with Crippen LogP contribution in [-0.2, 0) is 4.74 Å². The van der Waals surface area contributed by atoms with Gasteiger partial charge in [-0.3, -0.25) is 14.7 Å². The van der Waals surface area contributed by atoms with Crippen molar-refractivity contribution in [2.45, 2.75) is 30.9 Å². The number of carbonyl (C=O) groups excluding carboxylic acids is 2. The summed E-state index contributed by atoms with van der Waals surface area (Å²) in [5, 5.41) is 0. The normalized spacial score (nSPS) is 28.0. The monoisotopic (exact) mass is 344 g/mol. The van der Waals surface area contributed by atoms with Gasteiger partial charge in [0, 0.05) is 51.9 Å². The van der Waals surface area contributed by atoms with Gasteiger partial charge in [-0.15, -0.1) is 0 Å². The molecule has 1 aromatic rings. The lowest BCUT2D eigenvalue weighted by Crippen LogP contribution is -2.47. The van der Waals surface area contributed by atoms with Gasteiger partial charge in [0.15, 0.2) is 0 Å². The van der Waals surface area contributed by atoms with Crippen molar-refractivity contribution in [1.82, 2.24) is 19.7 Å². The number of aromatic nitrogens is 1. The van der Waals surface area contributed by atoms with Gasteiger partial charge in [0.2, 0.25) is 0 Å². The van der Waals surface area contributed by atoms with E-state index in [0.29, 0.717) is 18.3 Å². The van der Waals surface area contributed by atoms with Gasteiger partial charge in [-0.25, -0.2) is 4.79 Å². The minimum absolute atomic E-state index is 0.0169. The summed E-state index contributed by atoms with van der Waals surface area (Å²) in [6, 6.07) is 5.89. The van der Waals surface area contributed by atoms with Crippen LogP contribution in [0.5, 0.6) is 0 Å². The van der Waals surface area contributed by atoms with Crippen LogP contribution in [0.2, 0.25) is 0 Å². The van der Waals surface area contributed by atoms with E-state index in [9.17, 15) is 9.59 Å². The molecule has 1 aromatic heterocycles. The first-order chi connectivity index (χ1) is 12.1. The summed E-state index contributed by atoms with van der Waals surface area (Å²) in [7, 11) is 1.79. The quantitative estimate of drug-likeness (QED) is 0.807. The Kier molecular flexibility index (Phi) is 4.11. The number of hydrogen-bond acceptors (Lipinski definition) is 5. The number of carbonyl (C=O) groups is 2. The van der Waals surface area contributed by atoms with Crippen LogP contribution in [0.4, 0.5) is 4.79 Å². The first kappa shape index (κ1) is 16.3. The van der Waals surface area contributed by atoms with Crippen LogP contribution in [0.15, 0.2) is 24.4 Å². The molecule has 134 valence electrons. The van der Waals surface area contributed by atoms with E-state index in [4.69, 9.17) is 4.74 Å². The van der Waals surface area contributed by atoms with E-state index < -0.39 is 0 Å². The molecule has 3 aliphatic heterocycles. The number of amides is 2. The fraction of sp³-hybridized carbons (Fsp3) is 0.611. The summed E-state index contributed by atoms with van der Waals surface area (Å²) >= 11 is 0. The highest BCUT2D eigenvalue weighted by Gasteiger charge is 2.49. The van der Waals surface area contributed by atoms with Crippen LogP contribution < -0.4 is 0 Å². The lowest BCUT2D eigenvalue weighted by atomic mass is 10.0. The molecule has 0 radical (unpaired) electrons. The Morgan fingerprint density at radius 1 is 1.24 bits per heavy atom. The zero-order valence-electron chi connectivity index (χ0n) is 14.6. The topological polar surface area (TPSA) is 66.0 Å². The number of rotatable bonds is 2. The van der Waals surface area contributed by atoms with E-state index in [-0.39, 0.29) is 17.6 Å². The molecule has 0 aromatic carbocycles. The van der Waals surface area contributed by atoms with E-state index in [1.165, 1.54) is 0 Å². The zero-order valence-corrected chi connectivity index (χ0v) is 14.6.